The third-order valence-corrected chi connectivity index (χ3v) is 2.22. The van der Waals surface area contributed by atoms with Crippen LogP contribution in [0, 0.1) is 6.57 Å². The van der Waals surface area contributed by atoms with E-state index in [1.807, 2.05) is 6.92 Å². The molecule has 1 fully saturated rings. The van der Waals surface area contributed by atoms with Crippen LogP contribution in [0.15, 0.2) is 0 Å². The molecule has 0 aromatic rings. The molecule has 1 rings (SSSR count). The normalized spacial score (nSPS) is 20.0. The van der Waals surface area contributed by atoms with E-state index in [0.29, 0.717) is 6.54 Å². The largest absolute Gasteiger partial charge is 0.309 e. The first-order valence-electron chi connectivity index (χ1n) is 4.66. The first-order chi connectivity index (χ1) is 6.29. The minimum atomic E-state index is -0.203. The summed E-state index contributed by atoms with van der Waals surface area (Å²) in [4.78, 5) is 16.6. The Morgan fingerprint density at radius 1 is 1.71 bits per heavy atom. The van der Waals surface area contributed by atoms with Gasteiger partial charge in [0.2, 0.25) is 5.91 Å². The molecule has 0 bridgehead atoms. The summed E-state index contributed by atoms with van der Waals surface area (Å²) in [5, 5.41) is 2.98. The second-order valence-electron chi connectivity index (χ2n) is 3.12. The molecule has 1 heterocycles. The molecule has 14 heavy (non-hydrogen) atoms. The highest BCUT2D eigenvalue weighted by Gasteiger charge is 2.32. The second-order valence-corrected chi connectivity index (χ2v) is 3.12. The van der Waals surface area contributed by atoms with Gasteiger partial charge in [0.05, 0.1) is 6.54 Å². The van der Waals surface area contributed by atoms with Crippen molar-refractivity contribution in [2.75, 3.05) is 19.6 Å². The van der Waals surface area contributed by atoms with Crippen molar-refractivity contribution in [2.24, 2.45) is 0 Å². The SMILES string of the molecule is Cl.[C-]#[N+][C@@H]1CCCN1C(=O)CNCC. The zero-order valence-corrected chi connectivity index (χ0v) is 9.14. The topological polar surface area (TPSA) is 36.7 Å². The number of hydrogen-bond acceptors (Lipinski definition) is 2. The van der Waals surface area contributed by atoms with Crippen LogP contribution in [0.4, 0.5) is 0 Å². The molecule has 0 saturated carbocycles. The van der Waals surface area contributed by atoms with Crippen LogP contribution in [-0.4, -0.2) is 36.6 Å². The number of likely N-dealkylation sites (N-methyl/N-ethyl adjacent to an activating group) is 1. The third-order valence-electron chi connectivity index (χ3n) is 2.22. The molecule has 0 aromatic heterocycles. The van der Waals surface area contributed by atoms with Gasteiger partial charge >= 0.3 is 6.17 Å². The van der Waals surface area contributed by atoms with Crippen LogP contribution in [0.25, 0.3) is 4.85 Å². The van der Waals surface area contributed by atoms with E-state index in [1.165, 1.54) is 0 Å². The molecule has 0 radical (unpaired) electrons. The summed E-state index contributed by atoms with van der Waals surface area (Å²) in [5.74, 6) is 0.0559. The van der Waals surface area contributed by atoms with Gasteiger partial charge in [-0.15, -0.1) is 12.4 Å². The van der Waals surface area contributed by atoms with E-state index in [9.17, 15) is 4.79 Å². The molecule has 0 aromatic carbocycles. The van der Waals surface area contributed by atoms with Crippen LogP contribution in [0.1, 0.15) is 19.8 Å². The fourth-order valence-electron chi connectivity index (χ4n) is 1.51. The number of rotatable bonds is 3. The van der Waals surface area contributed by atoms with Gasteiger partial charge in [-0.1, -0.05) is 6.92 Å². The van der Waals surface area contributed by atoms with Gasteiger partial charge in [0.25, 0.3) is 0 Å². The number of halogens is 1. The van der Waals surface area contributed by atoms with Gasteiger partial charge < -0.3 is 5.32 Å². The van der Waals surface area contributed by atoms with E-state index < -0.39 is 0 Å². The lowest BCUT2D eigenvalue weighted by Gasteiger charge is -2.15. The number of likely N-dealkylation sites (tertiary alicyclic amines) is 1. The Labute approximate surface area is 90.9 Å². The average molecular weight is 218 g/mol. The number of amides is 1. The van der Waals surface area contributed by atoms with Crippen LogP contribution in [-0.2, 0) is 4.79 Å². The summed E-state index contributed by atoms with van der Waals surface area (Å²) >= 11 is 0. The van der Waals surface area contributed by atoms with Gasteiger partial charge in [-0.2, -0.15) is 0 Å². The third kappa shape index (κ3) is 3.17. The van der Waals surface area contributed by atoms with Gasteiger partial charge in [-0.3, -0.25) is 14.5 Å². The van der Waals surface area contributed by atoms with Crippen LogP contribution in [0.2, 0.25) is 0 Å². The van der Waals surface area contributed by atoms with Crippen LogP contribution < -0.4 is 5.32 Å². The molecule has 1 atom stereocenters. The lowest BCUT2D eigenvalue weighted by Crippen LogP contribution is -2.39. The molecule has 80 valence electrons. The van der Waals surface area contributed by atoms with Gasteiger partial charge in [0, 0.05) is 13.0 Å². The molecule has 0 unspecified atom stereocenters. The first kappa shape index (κ1) is 13.2. The highest BCUT2D eigenvalue weighted by molar-refractivity contribution is 5.85. The Bertz CT molecular complexity index is 227. The quantitative estimate of drug-likeness (QED) is 0.713. The molecular weight excluding hydrogens is 202 g/mol. The Kier molecular flexibility index (Phi) is 6.26. The van der Waals surface area contributed by atoms with Gasteiger partial charge in [-0.05, 0) is 13.0 Å². The van der Waals surface area contributed by atoms with E-state index in [1.54, 1.807) is 4.90 Å². The van der Waals surface area contributed by atoms with Crippen molar-refractivity contribution in [1.29, 1.82) is 0 Å². The van der Waals surface area contributed by atoms with E-state index in [2.05, 4.69) is 10.2 Å². The molecule has 1 N–H and O–H groups in total. The highest BCUT2D eigenvalue weighted by Crippen LogP contribution is 2.17. The number of nitrogens with one attached hydrogen (secondary N) is 1. The van der Waals surface area contributed by atoms with E-state index in [0.717, 1.165) is 25.9 Å². The maximum atomic E-state index is 11.5. The van der Waals surface area contributed by atoms with Crippen LogP contribution in [0.3, 0.4) is 0 Å². The van der Waals surface area contributed by atoms with E-state index >= 15 is 0 Å². The predicted molar refractivity (Wildman–Crippen MR) is 57.1 cm³/mol. The van der Waals surface area contributed by atoms with Crippen molar-refractivity contribution in [1.82, 2.24) is 10.2 Å². The van der Waals surface area contributed by atoms with Gasteiger partial charge in [0.15, 0.2) is 0 Å². The molecule has 0 spiro atoms. The van der Waals surface area contributed by atoms with Gasteiger partial charge in [0.1, 0.15) is 0 Å². The van der Waals surface area contributed by atoms with Crippen molar-refractivity contribution in [3.63, 3.8) is 0 Å². The Hall–Kier alpha value is -0.790. The molecule has 1 aliphatic rings. The molecular formula is C9H16ClN3O. The Balaban J connectivity index is 0.00000169. The van der Waals surface area contributed by atoms with Crippen molar-refractivity contribution in [2.45, 2.75) is 25.9 Å². The van der Waals surface area contributed by atoms with Crippen molar-refractivity contribution in [3.05, 3.63) is 11.4 Å². The minimum Gasteiger partial charge on any atom is -0.309 e. The van der Waals surface area contributed by atoms with Gasteiger partial charge in [-0.25, -0.2) is 6.57 Å². The summed E-state index contributed by atoms with van der Waals surface area (Å²) in [6.45, 7) is 10.8. The van der Waals surface area contributed by atoms with Crippen molar-refractivity contribution in [3.8, 4) is 0 Å². The second kappa shape index (κ2) is 6.63. The van der Waals surface area contributed by atoms with Crippen molar-refractivity contribution >= 4 is 18.3 Å². The number of carbonyl (C=O) groups is 1. The number of carbonyl (C=O) groups excluding carboxylic acids is 1. The first-order valence-corrected chi connectivity index (χ1v) is 4.66. The zero-order chi connectivity index (χ0) is 9.68. The highest BCUT2D eigenvalue weighted by atomic mass is 35.5. The lowest BCUT2D eigenvalue weighted by molar-refractivity contribution is -0.130. The Morgan fingerprint density at radius 3 is 3.00 bits per heavy atom. The molecule has 0 aliphatic carbocycles. The molecule has 4 nitrogen and oxygen atoms in total. The summed E-state index contributed by atoms with van der Waals surface area (Å²) in [7, 11) is 0. The number of nitrogens with zero attached hydrogens (tertiary/aromatic N) is 2. The molecule has 1 amide bonds. The monoisotopic (exact) mass is 217 g/mol. The van der Waals surface area contributed by atoms with Crippen molar-refractivity contribution < 1.29 is 4.79 Å². The Morgan fingerprint density at radius 2 is 2.43 bits per heavy atom. The summed E-state index contributed by atoms with van der Waals surface area (Å²) in [6.07, 6.45) is 1.60. The minimum absolute atomic E-state index is 0. The lowest BCUT2D eigenvalue weighted by atomic mass is 10.3. The van der Waals surface area contributed by atoms with Crippen LogP contribution in [0.5, 0.6) is 0 Å². The van der Waals surface area contributed by atoms with E-state index in [-0.39, 0.29) is 24.5 Å². The standard InChI is InChI=1S/C9H15N3O.ClH/c1-3-11-7-9(13)12-6-4-5-8(12)10-2;/h8,11H,3-7H2,1H3;1H/t8-;/m0./s1. The summed E-state index contributed by atoms with van der Waals surface area (Å²) in [5.41, 5.74) is 0. The molecule has 1 saturated heterocycles. The van der Waals surface area contributed by atoms with E-state index in [4.69, 9.17) is 6.57 Å². The average Bonchev–Trinajstić information content (AvgIpc) is 2.61. The maximum absolute atomic E-state index is 11.5. The number of hydrogen-bond donors (Lipinski definition) is 1. The summed E-state index contributed by atoms with van der Waals surface area (Å²) < 4.78 is 0. The predicted octanol–water partition coefficient (Wildman–Crippen LogP) is 0.885. The fourth-order valence-corrected chi connectivity index (χ4v) is 1.51. The summed E-state index contributed by atoms with van der Waals surface area (Å²) in [6, 6.07) is 0. The fraction of sp³-hybridized carbons (Fsp3) is 0.778. The smallest absolute Gasteiger partial charge is 0.300 e. The zero-order valence-electron chi connectivity index (χ0n) is 8.32. The molecule has 5 heteroatoms. The van der Waals surface area contributed by atoms with Crippen LogP contribution >= 0.6 is 12.4 Å². The molecule has 1 aliphatic heterocycles. The maximum Gasteiger partial charge on any atom is 0.300 e.